The highest BCUT2D eigenvalue weighted by Crippen LogP contribution is 2.21. The lowest BCUT2D eigenvalue weighted by Gasteiger charge is -2.16. The van der Waals surface area contributed by atoms with Gasteiger partial charge >= 0.3 is 0 Å². The normalized spacial score (nSPS) is 21.4. The van der Waals surface area contributed by atoms with Crippen LogP contribution in [-0.2, 0) is 9.53 Å². The van der Waals surface area contributed by atoms with E-state index < -0.39 is 0 Å². The van der Waals surface area contributed by atoms with Gasteiger partial charge in [0.05, 0.1) is 6.61 Å². The molecular formula is C12H22O2. The number of rotatable bonds is 3. The predicted molar refractivity (Wildman–Crippen MR) is 57.1 cm³/mol. The lowest BCUT2D eigenvalue weighted by molar-refractivity contribution is -0.130. The van der Waals surface area contributed by atoms with E-state index in [1.54, 1.807) is 0 Å². The molecule has 1 fully saturated rings. The van der Waals surface area contributed by atoms with Gasteiger partial charge in [-0.3, -0.25) is 4.79 Å². The van der Waals surface area contributed by atoms with Crippen LogP contribution in [0, 0.1) is 5.92 Å². The second kappa shape index (κ2) is 7.84. The number of ether oxygens (including phenoxy) is 1. The molecule has 0 saturated heterocycles. The second-order valence-electron chi connectivity index (χ2n) is 4.35. The Labute approximate surface area is 87.0 Å². The first-order valence-electron chi connectivity index (χ1n) is 5.98. The van der Waals surface area contributed by atoms with Crippen LogP contribution in [0.25, 0.3) is 0 Å². The van der Waals surface area contributed by atoms with Gasteiger partial charge in [-0.05, 0) is 18.8 Å². The van der Waals surface area contributed by atoms with Crippen LogP contribution >= 0.6 is 0 Å². The fourth-order valence-corrected chi connectivity index (χ4v) is 2.24. The van der Waals surface area contributed by atoms with Gasteiger partial charge in [0, 0.05) is 0 Å². The first-order chi connectivity index (χ1) is 6.93. The molecule has 0 aromatic heterocycles. The summed E-state index contributed by atoms with van der Waals surface area (Å²) in [5, 5.41) is 0. The Balaban J connectivity index is 2.19. The molecule has 1 aliphatic rings. The van der Waals surface area contributed by atoms with Gasteiger partial charge in [0.25, 0.3) is 6.47 Å². The highest BCUT2D eigenvalue weighted by atomic mass is 16.5. The molecule has 0 bridgehead atoms. The minimum Gasteiger partial charge on any atom is -0.468 e. The van der Waals surface area contributed by atoms with Crippen molar-refractivity contribution in [3.8, 4) is 0 Å². The van der Waals surface area contributed by atoms with Gasteiger partial charge < -0.3 is 4.74 Å². The number of carbonyl (C=O) groups excluding carboxylic acids is 1. The molecule has 0 heterocycles. The lowest BCUT2D eigenvalue weighted by Crippen LogP contribution is -2.10. The van der Waals surface area contributed by atoms with Gasteiger partial charge in [-0.15, -0.1) is 0 Å². The van der Waals surface area contributed by atoms with Gasteiger partial charge in [0.2, 0.25) is 0 Å². The third-order valence-corrected chi connectivity index (χ3v) is 3.12. The molecule has 1 saturated carbocycles. The van der Waals surface area contributed by atoms with E-state index in [9.17, 15) is 4.79 Å². The molecule has 0 aromatic rings. The molecule has 82 valence electrons. The van der Waals surface area contributed by atoms with Gasteiger partial charge in [-0.2, -0.15) is 0 Å². The van der Waals surface area contributed by atoms with Crippen molar-refractivity contribution in [2.75, 3.05) is 6.61 Å². The van der Waals surface area contributed by atoms with Crippen LogP contribution in [0.2, 0.25) is 0 Å². The van der Waals surface area contributed by atoms with Crippen molar-refractivity contribution >= 4 is 6.47 Å². The Bertz CT molecular complexity index is 135. The maximum absolute atomic E-state index is 10.1. The van der Waals surface area contributed by atoms with E-state index in [0.29, 0.717) is 19.0 Å². The quantitative estimate of drug-likeness (QED) is 0.650. The molecule has 0 N–H and O–H groups in total. The summed E-state index contributed by atoms with van der Waals surface area (Å²) in [6, 6.07) is 0. The third kappa shape index (κ3) is 5.25. The van der Waals surface area contributed by atoms with E-state index in [1.807, 2.05) is 0 Å². The van der Waals surface area contributed by atoms with Crippen LogP contribution < -0.4 is 0 Å². The Morgan fingerprint density at radius 3 is 1.93 bits per heavy atom. The van der Waals surface area contributed by atoms with Crippen molar-refractivity contribution in [3.63, 3.8) is 0 Å². The van der Waals surface area contributed by atoms with Crippen LogP contribution in [0.15, 0.2) is 0 Å². The number of hydrogen-bond donors (Lipinski definition) is 0. The Hall–Kier alpha value is -0.530. The van der Waals surface area contributed by atoms with Gasteiger partial charge in [0.15, 0.2) is 0 Å². The minimum atomic E-state index is 0.582. The van der Waals surface area contributed by atoms with Gasteiger partial charge in [-0.25, -0.2) is 0 Å². The Morgan fingerprint density at radius 2 is 1.43 bits per heavy atom. The van der Waals surface area contributed by atoms with Gasteiger partial charge in [0.1, 0.15) is 0 Å². The lowest BCUT2D eigenvalue weighted by atomic mass is 9.93. The average Bonchev–Trinajstić information content (AvgIpc) is 2.23. The van der Waals surface area contributed by atoms with Crippen LogP contribution in [0.3, 0.4) is 0 Å². The zero-order chi connectivity index (χ0) is 10.1. The first-order valence-corrected chi connectivity index (χ1v) is 5.98. The molecule has 0 amide bonds. The van der Waals surface area contributed by atoms with Crippen molar-refractivity contribution in [2.24, 2.45) is 5.92 Å². The largest absolute Gasteiger partial charge is 0.468 e. The summed E-state index contributed by atoms with van der Waals surface area (Å²) in [5.74, 6) is 0.623. The summed E-state index contributed by atoms with van der Waals surface area (Å²) in [7, 11) is 0. The van der Waals surface area contributed by atoms with E-state index in [-0.39, 0.29) is 0 Å². The van der Waals surface area contributed by atoms with Crippen LogP contribution in [0.4, 0.5) is 0 Å². The summed E-state index contributed by atoms with van der Waals surface area (Å²) in [6.45, 7) is 1.22. The third-order valence-electron chi connectivity index (χ3n) is 3.12. The molecule has 0 aliphatic heterocycles. The van der Waals surface area contributed by atoms with E-state index in [2.05, 4.69) is 0 Å². The Kier molecular flexibility index (Phi) is 6.46. The monoisotopic (exact) mass is 198 g/mol. The summed E-state index contributed by atoms with van der Waals surface area (Å²) < 4.78 is 4.86. The van der Waals surface area contributed by atoms with Crippen LogP contribution in [-0.4, -0.2) is 13.1 Å². The van der Waals surface area contributed by atoms with Crippen molar-refractivity contribution < 1.29 is 9.53 Å². The zero-order valence-corrected chi connectivity index (χ0v) is 9.04. The van der Waals surface area contributed by atoms with E-state index in [1.165, 1.54) is 57.8 Å². The molecule has 2 heteroatoms. The SMILES string of the molecule is O=COCC1CCCCCCCCC1. The highest BCUT2D eigenvalue weighted by Gasteiger charge is 2.10. The average molecular weight is 198 g/mol. The second-order valence-corrected chi connectivity index (χ2v) is 4.35. The van der Waals surface area contributed by atoms with Crippen molar-refractivity contribution in [1.82, 2.24) is 0 Å². The summed E-state index contributed by atoms with van der Waals surface area (Å²) >= 11 is 0. The van der Waals surface area contributed by atoms with E-state index in [4.69, 9.17) is 4.74 Å². The molecule has 14 heavy (non-hydrogen) atoms. The summed E-state index contributed by atoms with van der Waals surface area (Å²) in [5.41, 5.74) is 0. The maximum atomic E-state index is 10.1. The van der Waals surface area contributed by atoms with Crippen LogP contribution in [0.1, 0.15) is 57.8 Å². The molecular weight excluding hydrogens is 176 g/mol. The fourth-order valence-electron chi connectivity index (χ4n) is 2.24. The van der Waals surface area contributed by atoms with Crippen molar-refractivity contribution in [1.29, 1.82) is 0 Å². The highest BCUT2D eigenvalue weighted by molar-refractivity contribution is 5.36. The fraction of sp³-hybridized carbons (Fsp3) is 0.917. The smallest absolute Gasteiger partial charge is 0.293 e. The topological polar surface area (TPSA) is 26.3 Å². The van der Waals surface area contributed by atoms with Gasteiger partial charge in [-0.1, -0.05) is 44.9 Å². The molecule has 2 nitrogen and oxygen atoms in total. The van der Waals surface area contributed by atoms with Crippen LogP contribution in [0.5, 0.6) is 0 Å². The summed E-state index contributed by atoms with van der Waals surface area (Å²) in [4.78, 5) is 10.1. The number of hydrogen-bond acceptors (Lipinski definition) is 2. The molecule has 1 rings (SSSR count). The van der Waals surface area contributed by atoms with Crippen molar-refractivity contribution in [3.05, 3.63) is 0 Å². The molecule has 0 atom stereocenters. The molecule has 1 aliphatic carbocycles. The zero-order valence-electron chi connectivity index (χ0n) is 9.04. The van der Waals surface area contributed by atoms with E-state index in [0.717, 1.165) is 0 Å². The molecule has 0 unspecified atom stereocenters. The first kappa shape index (κ1) is 11.5. The molecule has 0 spiro atoms. The molecule has 0 aromatic carbocycles. The minimum absolute atomic E-state index is 0.582. The van der Waals surface area contributed by atoms with E-state index >= 15 is 0 Å². The predicted octanol–water partition coefficient (Wildman–Crippen LogP) is 3.30. The summed E-state index contributed by atoms with van der Waals surface area (Å²) in [6.07, 6.45) is 12.0. The molecule has 0 radical (unpaired) electrons. The standard InChI is InChI=1S/C12H22O2/c13-11-14-10-12-8-6-4-2-1-3-5-7-9-12/h11-12H,1-10H2. The van der Waals surface area contributed by atoms with Crippen molar-refractivity contribution in [2.45, 2.75) is 57.8 Å². The number of carbonyl (C=O) groups is 1. The Morgan fingerprint density at radius 1 is 0.929 bits per heavy atom. The maximum Gasteiger partial charge on any atom is 0.293 e.